The number of ether oxygens (including phenoxy) is 1. The Bertz CT molecular complexity index is 798. The maximum absolute atomic E-state index is 11.8. The van der Waals surface area contributed by atoms with Crippen molar-refractivity contribution in [1.82, 2.24) is 10.9 Å². The number of rotatable bonds is 5. The monoisotopic (exact) mass is 340 g/mol. The van der Waals surface area contributed by atoms with Crippen molar-refractivity contribution in [2.24, 2.45) is 0 Å². The summed E-state index contributed by atoms with van der Waals surface area (Å²) in [6.07, 6.45) is 0.770. The number of hydrogen-bond acceptors (Lipinski definition) is 5. The number of amides is 2. The third-order valence-corrected chi connectivity index (χ3v) is 3.20. The molecule has 0 fully saturated rings. The molecule has 0 unspecified atom stereocenters. The number of aliphatic hydroxyl groups is 1. The van der Waals surface area contributed by atoms with Gasteiger partial charge in [-0.1, -0.05) is 18.2 Å². The Kier molecular flexibility index (Phi) is 5.89. The minimum absolute atomic E-state index is 0.326. The molecule has 0 atom stereocenters. The molecule has 0 aromatic heterocycles. The molecule has 7 heteroatoms. The van der Waals surface area contributed by atoms with E-state index in [2.05, 4.69) is 5.43 Å². The van der Waals surface area contributed by atoms with Crippen LogP contribution in [0.5, 0.6) is 5.75 Å². The molecule has 25 heavy (non-hydrogen) atoms. The summed E-state index contributed by atoms with van der Waals surface area (Å²) in [6.45, 7) is 0. The number of benzene rings is 2. The van der Waals surface area contributed by atoms with E-state index in [9.17, 15) is 19.5 Å². The van der Waals surface area contributed by atoms with Gasteiger partial charge in [-0.2, -0.15) is 0 Å². The van der Waals surface area contributed by atoms with Gasteiger partial charge in [0.1, 0.15) is 11.5 Å². The molecule has 7 nitrogen and oxygen atoms in total. The Balaban J connectivity index is 1.94. The van der Waals surface area contributed by atoms with Crippen molar-refractivity contribution in [3.05, 3.63) is 71.8 Å². The van der Waals surface area contributed by atoms with Crippen LogP contribution in [-0.2, 0) is 9.59 Å². The number of carbonyl (C=O) groups is 3. The number of carbonyl (C=O) groups excluding carboxylic acids is 3. The van der Waals surface area contributed by atoms with Crippen LogP contribution in [-0.4, -0.2) is 29.8 Å². The summed E-state index contributed by atoms with van der Waals surface area (Å²) < 4.78 is 4.99. The molecule has 0 saturated carbocycles. The highest BCUT2D eigenvalue weighted by molar-refractivity contribution is 6.41. The first-order chi connectivity index (χ1) is 12.0. The number of aliphatic hydroxyl groups excluding tert-OH is 1. The van der Waals surface area contributed by atoms with Crippen LogP contribution in [0.2, 0.25) is 0 Å². The van der Waals surface area contributed by atoms with Crippen LogP contribution in [0.3, 0.4) is 0 Å². The van der Waals surface area contributed by atoms with E-state index in [1.54, 1.807) is 42.5 Å². The molecule has 0 spiro atoms. The van der Waals surface area contributed by atoms with Crippen LogP contribution in [0, 0.1) is 0 Å². The topological polar surface area (TPSA) is 105 Å². The van der Waals surface area contributed by atoms with Crippen LogP contribution >= 0.6 is 0 Å². The molecule has 0 aliphatic rings. The van der Waals surface area contributed by atoms with Crippen LogP contribution in [0.15, 0.2) is 60.7 Å². The Morgan fingerprint density at radius 2 is 1.56 bits per heavy atom. The van der Waals surface area contributed by atoms with Gasteiger partial charge in [0.15, 0.2) is 0 Å². The maximum atomic E-state index is 11.8. The summed E-state index contributed by atoms with van der Waals surface area (Å²) in [5.41, 5.74) is 4.78. The van der Waals surface area contributed by atoms with Crippen LogP contribution in [0.25, 0.3) is 5.76 Å². The molecule has 0 aliphatic carbocycles. The van der Waals surface area contributed by atoms with Gasteiger partial charge in [-0.05, 0) is 36.4 Å². The average molecular weight is 340 g/mol. The van der Waals surface area contributed by atoms with E-state index >= 15 is 0 Å². The molecular weight excluding hydrogens is 324 g/mol. The summed E-state index contributed by atoms with van der Waals surface area (Å²) in [7, 11) is 1.50. The highest BCUT2D eigenvalue weighted by Crippen LogP contribution is 2.16. The fourth-order valence-electron chi connectivity index (χ4n) is 1.87. The number of hydrazine groups is 1. The van der Waals surface area contributed by atoms with Crippen LogP contribution in [0.4, 0.5) is 0 Å². The number of ketones is 1. The Morgan fingerprint density at radius 1 is 0.920 bits per heavy atom. The van der Waals surface area contributed by atoms with Gasteiger partial charge in [-0.25, -0.2) is 0 Å². The van der Waals surface area contributed by atoms with Crippen molar-refractivity contribution < 1.29 is 24.2 Å². The van der Waals surface area contributed by atoms with E-state index in [-0.39, 0.29) is 5.76 Å². The SMILES string of the molecule is COc1ccc(C(O)=CC(=O)C(=O)NNC(=O)c2ccccc2)cc1. The number of nitrogens with one attached hydrogen (secondary N) is 2. The summed E-state index contributed by atoms with van der Waals surface area (Å²) in [5.74, 6) is -2.45. The zero-order chi connectivity index (χ0) is 18.2. The van der Waals surface area contributed by atoms with E-state index in [0.29, 0.717) is 16.9 Å². The van der Waals surface area contributed by atoms with Gasteiger partial charge in [-0.3, -0.25) is 25.2 Å². The first-order valence-electron chi connectivity index (χ1n) is 7.26. The molecule has 2 rings (SSSR count). The highest BCUT2D eigenvalue weighted by atomic mass is 16.5. The minimum atomic E-state index is -1.08. The predicted octanol–water partition coefficient (Wildman–Crippen LogP) is 1.62. The normalized spacial score (nSPS) is 10.7. The zero-order valence-electron chi connectivity index (χ0n) is 13.4. The molecule has 0 radical (unpaired) electrons. The zero-order valence-corrected chi connectivity index (χ0v) is 13.4. The van der Waals surface area contributed by atoms with Crippen LogP contribution in [0.1, 0.15) is 15.9 Å². The lowest BCUT2D eigenvalue weighted by Crippen LogP contribution is -2.44. The molecule has 128 valence electrons. The third kappa shape index (κ3) is 4.93. The standard InChI is InChI=1S/C18H16N2O5/c1-25-14-9-7-12(8-10-14)15(21)11-16(22)18(24)20-19-17(23)13-5-3-2-4-6-13/h2-11,21H,1H3,(H,19,23)(H,20,24). The highest BCUT2D eigenvalue weighted by Gasteiger charge is 2.14. The predicted molar refractivity (Wildman–Crippen MR) is 90.7 cm³/mol. The fourth-order valence-corrected chi connectivity index (χ4v) is 1.87. The van der Waals surface area contributed by atoms with Gasteiger partial charge in [0.2, 0.25) is 5.78 Å². The van der Waals surface area contributed by atoms with E-state index in [1.165, 1.54) is 19.2 Å². The Morgan fingerprint density at radius 3 is 2.16 bits per heavy atom. The molecular formula is C18H16N2O5. The first kappa shape index (κ1) is 17.7. The second kappa shape index (κ2) is 8.30. The average Bonchev–Trinajstić information content (AvgIpc) is 2.66. The smallest absolute Gasteiger partial charge is 0.310 e. The maximum Gasteiger partial charge on any atom is 0.310 e. The lowest BCUT2D eigenvalue weighted by Gasteiger charge is -2.06. The van der Waals surface area contributed by atoms with Gasteiger partial charge < -0.3 is 9.84 Å². The van der Waals surface area contributed by atoms with Crippen molar-refractivity contribution in [2.45, 2.75) is 0 Å². The van der Waals surface area contributed by atoms with Gasteiger partial charge in [0.25, 0.3) is 5.91 Å². The Labute approximate surface area is 143 Å². The van der Waals surface area contributed by atoms with Crippen LogP contribution < -0.4 is 15.6 Å². The molecule has 0 bridgehead atoms. The fraction of sp³-hybridized carbons (Fsp3) is 0.0556. The molecule has 2 aromatic rings. The van der Waals surface area contributed by atoms with Gasteiger partial charge >= 0.3 is 5.91 Å². The van der Waals surface area contributed by atoms with Crippen molar-refractivity contribution in [1.29, 1.82) is 0 Å². The first-order valence-corrected chi connectivity index (χ1v) is 7.26. The van der Waals surface area contributed by atoms with Gasteiger partial charge in [0, 0.05) is 17.2 Å². The lowest BCUT2D eigenvalue weighted by atomic mass is 10.1. The van der Waals surface area contributed by atoms with Crippen molar-refractivity contribution >= 4 is 23.4 Å². The quantitative estimate of drug-likeness (QED) is 0.332. The largest absolute Gasteiger partial charge is 0.507 e. The van der Waals surface area contributed by atoms with E-state index < -0.39 is 17.6 Å². The summed E-state index contributed by atoms with van der Waals surface area (Å²) in [4.78, 5) is 35.2. The van der Waals surface area contributed by atoms with E-state index in [4.69, 9.17) is 4.74 Å². The molecule has 2 aromatic carbocycles. The van der Waals surface area contributed by atoms with E-state index in [1.807, 2.05) is 5.43 Å². The molecule has 2 amide bonds. The summed E-state index contributed by atoms with van der Waals surface area (Å²) in [6, 6.07) is 14.5. The van der Waals surface area contributed by atoms with Gasteiger partial charge in [0.05, 0.1) is 7.11 Å². The van der Waals surface area contributed by atoms with E-state index in [0.717, 1.165) is 6.08 Å². The number of hydrogen-bond donors (Lipinski definition) is 3. The number of methoxy groups -OCH3 is 1. The Hall–Kier alpha value is -3.61. The van der Waals surface area contributed by atoms with Crippen molar-refractivity contribution in [3.8, 4) is 5.75 Å². The van der Waals surface area contributed by atoms with Crippen molar-refractivity contribution in [3.63, 3.8) is 0 Å². The second-order valence-electron chi connectivity index (χ2n) is 4.90. The molecule has 3 N–H and O–H groups in total. The molecule has 0 saturated heterocycles. The lowest BCUT2D eigenvalue weighted by molar-refractivity contribution is -0.135. The molecule has 0 heterocycles. The summed E-state index contributed by atoms with van der Waals surface area (Å²) >= 11 is 0. The van der Waals surface area contributed by atoms with Crippen molar-refractivity contribution in [2.75, 3.05) is 7.11 Å². The second-order valence-corrected chi connectivity index (χ2v) is 4.90. The minimum Gasteiger partial charge on any atom is -0.507 e. The molecule has 0 aliphatic heterocycles. The van der Waals surface area contributed by atoms with Gasteiger partial charge in [-0.15, -0.1) is 0 Å². The third-order valence-electron chi connectivity index (χ3n) is 3.20. The summed E-state index contributed by atoms with van der Waals surface area (Å²) in [5, 5.41) is 9.89.